The molecule has 7 heteroatoms. The van der Waals surface area contributed by atoms with E-state index >= 15 is 0 Å². The van der Waals surface area contributed by atoms with Gasteiger partial charge >= 0.3 is 0 Å². The van der Waals surface area contributed by atoms with Gasteiger partial charge in [0, 0.05) is 23.7 Å². The molecule has 1 fully saturated rings. The topological polar surface area (TPSA) is 66.6 Å². The maximum absolute atomic E-state index is 12.9. The van der Waals surface area contributed by atoms with Crippen LogP contribution in [0.3, 0.4) is 0 Å². The van der Waals surface area contributed by atoms with E-state index in [9.17, 15) is 4.79 Å². The third-order valence-corrected chi connectivity index (χ3v) is 7.21. The Balaban J connectivity index is 1.48. The molecule has 0 radical (unpaired) electrons. The molecular formula is C28H35N3O3S. The number of methoxy groups -OCH3 is 2. The highest BCUT2D eigenvalue weighted by molar-refractivity contribution is 7.80. The first-order valence-corrected chi connectivity index (χ1v) is 12.8. The Morgan fingerprint density at radius 3 is 2.57 bits per heavy atom. The minimum Gasteiger partial charge on any atom is -0.493 e. The Morgan fingerprint density at radius 2 is 1.83 bits per heavy atom. The SMILES string of the molecule is COc1ccc(CCNC(=S)N(Cc2cc3ccc(C)cc3[nH]c2=O)C2CCCCC2)cc1OC. The number of nitrogens with zero attached hydrogens (tertiary/aromatic N) is 1. The molecule has 6 nitrogen and oxygen atoms in total. The zero-order valence-electron chi connectivity index (χ0n) is 20.9. The standard InChI is InChI=1S/C28H35N3O3S/c1-19-9-11-21-17-22(27(32)30-24(21)15-19)18-31(23-7-5-4-6-8-23)28(35)29-14-13-20-10-12-25(33-2)26(16-20)34-3/h9-12,15-17,23H,4-8,13-14,18H2,1-3H3,(H,29,35)(H,30,32). The van der Waals surface area contributed by atoms with Crippen molar-refractivity contribution in [3.63, 3.8) is 0 Å². The average Bonchev–Trinajstić information content (AvgIpc) is 2.87. The fourth-order valence-electron chi connectivity index (χ4n) is 4.87. The first-order valence-electron chi connectivity index (χ1n) is 12.4. The smallest absolute Gasteiger partial charge is 0.253 e. The van der Waals surface area contributed by atoms with Crippen molar-refractivity contribution < 1.29 is 9.47 Å². The number of rotatable bonds is 8. The van der Waals surface area contributed by atoms with Crippen LogP contribution in [0.15, 0.2) is 47.3 Å². The molecule has 1 saturated carbocycles. The van der Waals surface area contributed by atoms with E-state index in [1.54, 1.807) is 14.2 Å². The van der Waals surface area contributed by atoms with E-state index in [-0.39, 0.29) is 5.56 Å². The van der Waals surface area contributed by atoms with Gasteiger partial charge < -0.3 is 24.7 Å². The summed E-state index contributed by atoms with van der Waals surface area (Å²) in [6.45, 7) is 3.24. The highest BCUT2D eigenvalue weighted by Gasteiger charge is 2.24. The van der Waals surface area contributed by atoms with Crippen molar-refractivity contribution in [1.82, 2.24) is 15.2 Å². The van der Waals surface area contributed by atoms with Crippen LogP contribution in [0.5, 0.6) is 11.5 Å². The van der Waals surface area contributed by atoms with Crippen LogP contribution in [-0.4, -0.2) is 41.8 Å². The van der Waals surface area contributed by atoms with Crippen molar-refractivity contribution in [3.05, 3.63) is 69.5 Å². The van der Waals surface area contributed by atoms with Crippen molar-refractivity contribution in [2.45, 2.75) is 58.0 Å². The Morgan fingerprint density at radius 1 is 1.06 bits per heavy atom. The van der Waals surface area contributed by atoms with Crippen LogP contribution in [-0.2, 0) is 13.0 Å². The number of fused-ring (bicyclic) bond motifs is 1. The van der Waals surface area contributed by atoms with Crippen LogP contribution >= 0.6 is 12.2 Å². The monoisotopic (exact) mass is 493 g/mol. The molecule has 35 heavy (non-hydrogen) atoms. The lowest BCUT2D eigenvalue weighted by molar-refractivity contribution is 0.234. The van der Waals surface area contributed by atoms with Crippen molar-refractivity contribution in [1.29, 1.82) is 0 Å². The van der Waals surface area contributed by atoms with Crippen LogP contribution in [0.2, 0.25) is 0 Å². The van der Waals surface area contributed by atoms with Crippen LogP contribution in [0.1, 0.15) is 48.8 Å². The van der Waals surface area contributed by atoms with Crippen LogP contribution in [0.25, 0.3) is 10.9 Å². The minimum atomic E-state index is -0.0444. The molecule has 0 bridgehead atoms. The number of aromatic nitrogens is 1. The largest absolute Gasteiger partial charge is 0.493 e. The Labute approximate surface area is 212 Å². The maximum atomic E-state index is 12.9. The molecule has 2 N–H and O–H groups in total. The lowest BCUT2D eigenvalue weighted by Crippen LogP contribution is -2.47. The number of pyridine rings is 1. The lowest BCUT2D eigenvalue weighted by atomic mass is 9.94. The molecule has 0 unspecified atom stereocenters. The summed E-state index contributed by atoms with van der Waals surface area (Å²) in [6.07, 6.45) is 6.66. The highest BCUT2D eigenvalue weighted by atomic mass is 32.1. The van der Waals surface area contributed by atoms with E-state index in [0.29, 0.717) is 24.2 Å². The molecule has 1 aliphatic carbocycles. The number of nitrogens with one attached hydrogen (secondary N) is 2. The van der Waals surface area contributed by atoms with Gasteiger partial charge in [0.25, 0.3) is 5.56 Å². The summed E-state index contributed by atoms with van der Waals surface area (Å²) in [6, 6.07) is 14.5. The molecule has 0 atom stereocenters. The number of hydrogen-bond donors (Lipinski definition) is 2. The molecule has 2 aromatic carbocycles. The van der Waals surface area contributed by atoms with Gasteiger partial charge in [-0.2, -0.15) is 0 Å². The van der Waals surface area contributed by atoms with Crippen molar-refractivity contribution in [2.75, 3.05) is 20.8 Å². The molecule has 3 aromatic rings. The second-order valence-corrected chi connectivity index (χ2v) is 9.69. The minimum absolute atomic E-state index is 0.0444. The van der Waals surface area contributed by atoms with Crippen molar-refractivity contribution in [3.8, 4) is 11.5 Å². The fraction of sp³-hybridized carbons (Fsp3) is 0.429. The summed E-state index contributed by atoms with van der Waals surface area (Å²) < 4.78 is 10.8. The van der Waals surface area contributed by atoms with E-state index in [1.165, 1.54) is 19.3 Å². The van der Waals surface area contributed by atoms with Gasteiger partial charge in [-0.3, -0.25) is 4.79 Å². The van der Waals surface area contributed by atoms with E-state index in [0.717, 1.165) is 58.4 Å². The molecule has 1 aromatic heterocycles. The van der Waals surface area contributed by atoms with Gasteiger partial charge in [0.15, 0.2) is 16.6 Å². The van der Waals surface area contributed by atoms with Crippen LogP contribution < -0.4 is 20.3 Å². The van der Waals surface area contributed by atoms with Gasteiger partial charge in [-0.25, -0.2) is 0 Å². The normalized spacial score (nSPS) is 14.0. The van der Waals surface area contributed by atoms with Gasteiger partial charge in [-0.1, -0.05) is 37.5 Å². The van der Waals surface area contributed by atoms with E-state index in [4.69, 9.17) is 21.7 Å². The van der Waals surface area contributed by atoms with Gasteiger partial charge in [0.05, 0.1) is 20.8 Å². The van der Waals surface area contributed by atoms with E-state index < -0.39 is 0 Å². The first kappa shape index (κ1) is 25.0. The Hall–Kier alpha value is -3.06. The summed E-state index contributed by atoms with van der Waals surface area (Å²) in [5.41, 5.74) is 3.85. The zero-order chi connectivity index (χ0) is 24.8. The van der Waals surface area contributed by atoms with Crippen molar-refractivity contribution in [2.24, 2.45) is 0 Å². The molecule has 0 spiro atoms. The molecule has 0 aliphatic heterocycles. The Bertz CT molecular complexity index is 1230. The third kappa shape index (κ3) is 6.14. The summed E-state index contributed by atoms with van der Waals surface area (Å²) >= 11 is 5.87. The predicted molar refractivity (Wildman–Crippen MR) is 146 cm³/mol. The highest BCUT2D eigenvalue weighted by Crippen LogP contribution is 2.28. The number of aromatic amines is 1. The lowest BCUT2D eigenvalue weighted by Gasteiger charge is -2.36. The second-order valence-electron chi connectivity index (χ2n) is 9.31. The van der Waals surface area contributed by atoms with Crippen molar-refractivity contribution >= 4 is 28.2 Å². The van der Waals surface area contributed by atoms with Gasteiger partial charge in [-0.15, -0.1) is 0 Å². The zero-order valence-corrected chi connectivity index (χ0v) is 21.7. The average molecular weight is 494 g/mol. The number of ether oxygens (including phenoxy) is 2. The van der Waals surface area contributed by atoms with E-state index in [1.807, 2.05) is 37.3 Å². The summed E-state index contributed by atoms with van der Waals surface area (Å²) in [5.74, 6) is 1.45. The molecule has 0 amide bonds. The van der Waals surface area contributed by atoms with Crippen LogP contribution in [0, 0.1) is 6.92 Å². The summed E-state index contributed by atoms with van der Waals surface area (Å²) in [7, 11) is 3.28. The fourth-order valence-corrected chi connectivity index (χ4v) is 5.19. The van der Waals surface area contributed by atoms with Gasteiger partial charge in [0.1, 0.15) is 0 Å². The number of H-pyrrole nitrogens is 1. The molecule has 4 rings (SSSR count). The number of aryl methyl sites for hydroxylation is 1. The molecule has 0 saturated heterocycles. The maximum Gasteiger partial charge on any atom is 0.253 e. The third-order valence-electron chi connectivity index (χ3n) is 6.83. The van der Waals surface area contributed by atoms with Gasteiger partial charge in [-0.05, 0) is 79.2 Å². The molecule has 1 aliphatic rings. The number of benzene rings is 2. The number of thiocarbonyl (C=S) groups is 1. The summed E-state index contributed by atoms with van der Waals surface area (Å²) in [5, 5.41) is 5.20. The van der Waals surface area contributed by atoms with E-state index in [2.05, 4.69) is 27.3 Å². The molecular weight excluding hydrogens is 458 g/mol. The van der Waals surface area contributed by atoms with Gasteiger partial charge in [0.2, 0.25) is 0 Å². The molecule has 186 valence electrons. The second kappa shape index (κ2) is 11.6. The summed E-state index contributed by atoms with van der Waals surface area (Å²) in [4.78, 5) is 18.2. The predicted octanol–water partition coefficient (Wildman–Crippen LogP) is 5.11. The first-order chi connectivity index (χ1) is 17.0. The quantitative estimate of drug-likeness (QED) is 0.426. The Kier molecular flexibility index (Phi) is 8.29. The molecule has 1 heterocycles. The van der Waals surface area contributed by atoms with Crippen LogP contribution in [0.4, 0.5) is 0 Å². The number of hydrogen-bond acceptors (Lipinski definition) is 4.